The van der Waals surface area contributed by atoms with Gasteiger partial charge in [-0.15, -0.1) is 0 Å². The molecular weight excluding hydrogens is 278 g/mol. The Kier molecular flexibility index (Phi) is 7.83. The molecule has 15 heavy (non-hydrogen) atoms. The second-order valence-corrected chi connectivity index (χ2v) is 7.81. The van der Waals surface area contributed by atoms with Crippen LogP contribution in [0.5, 0.6) is 0 Å². The third-order valence-electron chi connectivity index (χ3n) is 2.06. The molecule has 0 amide bonds. The van der Waals surface area contributed by atoms with Crippen molar-refractivity contribution in [3.8, 4) is 0 Å². The van der Waals surface area contributed by atoms with Crippen LogP contribution in [0.25, 0.3) is 0 Å². The van der Waals surface area contributed by atoms with Crippen molar-refractivity contribution in [2.24, 2.45) is 5.92 Å². The van der Waals surface area contributed by atoms with Crippen LogP contribution in [-0.2, 0) is 10.0 Å². The van der Waals surface area contributed by atoms with Crippen molar-refractivity contribution < 1.29 is 8.42 Å². The number of sulfonamides is 1. The van der Waals surface area contributed by atoms with Crippen LogP contribution >= 0.6 is 15.9 Å². The van der Waals surface area contributed by atoms with Gasteiger partial charge in [-0.2, -0.15) is 0 Å². The second-order valence-electron chi connectivity index (χ2n) is 4.32. The van der Waals surface area contributed by atoms with Crippen LogP contribution in [0.4, 0.5) is 0 Å². The maximum atomic E-state index is 11.5. The minimum absolute atomic E-state index is 0.245. The first-order valence-electron chi connectivity index (χ1n) is 5.45. The van der Waals surface area contributed by atoms with Gasteiger partial charge >= 0.3 is 0 Å². The van der Waals surface area contributed by atoms with Crippen LogP contribution in [0.1, 0.15) is 40.0 Å². The van der Waals surface area contributed by atoms with Crippen LogP contribution in [0.15, 0.2) is 0 Å². The quantitative estimate of drug-likeness (QED) is 0.553. The van der Waals surface area contributed by atoms with Gasteiger partial charge in [0.15, 0.2) is 0 Å². The molecule has 1 atom stereocenters. The summed E-state index contributed by atoms with van der Waals surface area (Å²) in [5.41, 5.74) is 0. The maximum Gasteiger partial charge on any atom is 0.211 e. The van der Waals surface area contributed by atoms with E-state index in [4.69, 9.17) is 0 Å². The normalized spacial score (nSPS) is 14.5. The summed E-state index contributed by atoms with van der Waals surface area (Å²) in [4.78, 5) is 0.456. The van der Waals surface area contributed by atoms with Crippen molar-refractivity contribution >= 4 is 26.0 Å². The Morgan fingerprint density at radius 2 is 1.80 bits per heavy atom. The molecule has 0 rings (SSSR count). The van der Waals surface area contributed by atoms with Gasteiger partial charge < -0.3 is 0 Å². The summed E-state index contributed by atoms with van der Waals surface area (Å²) >= 11 is 3.43. The van der Waals surface area contributed by atoms with Crippen LogP contribution in [0.2, 0.25) is 0 Å². The van der Waals surface area contributed by atoms with E-state index in [1.807, 2.05) is 13.8 Å². The van der Waals surface area contributed by atoms with E-state index in [0.29, 0.717) is 17.3 Å². The minimum Gasteiger partial charge on any atom is -0.215 e. The van der Waals surface area contributed by atoms with E-state index in [9.17, 15) is 8.42 Å². The van der Waals surface area contributed by atoms with Crippen molar-refractivity contribution in [1.82, 2.24) is 4.72 Å². The van der Waals surface area contributed by atoms with Crippen molar-refractivity contribution in [2.45, 2.75) is 44.9 Å². The Labute approximate surface area is 102 Å². The van der Waals surface area contributed by atoms with Gasteiger partial charge in [-0.25, -0.2) is 13.1 Å². The maximum absolute atomic E-state index is 11.5. The fraction of sp³-hybridized carbons (Fsp3) is 1.00. The van der Waals surface area contributed by atoms with Gasteiger partial charge in [-0.05, 0) is 25.2 Å². The molecule has 0 fully saturated rings. The molecule has 0 bridgehead atoms. The Balaban J connectivity index is 3.66. The van der Waals surface area contributed by atoms with Gasteiger partial charge in [0, 0.05) is 11.4 Å². The smallest absolute Gasteiger partial charge is 0.211 e. The number of rotatable bonds is 8. The molecule has 0 aliphatic heterocycles. The van der Waals surface area contributed by atoms with Gasteiger partial charge in [0.05, 0.1) is 5.75 Å². The van der Waals surface area contributed by atoms with Gasteiger partial charge in [-0.3, -0.25) is 0 Å². The molecule has 0 aromatic heterocycles. The molecule has 0 heterocycles. The van der Waals surface area contributed by atoms with Crippen LogP contribution in [0, 0.1) is 5.92 Å². The highest BCUT2D eigenvalue weighted by Gasteiger charge is 2.10. The van der Waals surface area contributed by atoms with Crippen LogP contribution < -0.4 is 4.72 Å². The Hall–Kier alpha value is 0.390. The molecule has 3 nitrogen and oxygen atoms in total. The summed E-state index contributed by atoms with van der Waals surface area (Å²) in [6.45, 7) is 6.67. The minimum atomic E-state index is -3.04. The van der Waals surface area contributed by atoms with Crippen LogP contribution in [-0.4, -0.2) is 25.5 Å². The lowest BCUT2D eigenvalue weighted by Gasteiger charge is -2.08. The highest BCUT2D eigenvalue weighted by Crippen LogP contribution is 2.06. The second kappa shape index (κ2) is 7.63. The van der Waals surface area contributed by atoms with E-state index in [1.54, 1.807) is 0 Å². The predicted molar refractivity (Wildman–Crippen MR) is 68.9 cm³/mol. The highest BCUT2D eigenvalue weighted by molar-refractivity contribution is 9.09. The lowest BCUT2D eigenvalue weighted by Crippen LogP contribution is -2.28. The molecule has 0 saturated carbocycles. The summed E-state index contributed by atoms with van der Waals surface area (Å²) in [6, 6.07) is 0. The van der Waals surface area contributed by atoms with E-state index in [1.165, 1.54) is 0 Å². The average molecular weight is 300 g/mol. The Morgan fingerprint density at radius 1 is 1.20 bits per heavy atom. The molecule has 0 aliphatic carbocycles. The zero-order valence-electron chi connectivity index (χ0n) is 9.79. The molecule has 92 valence electrons. The summed E-state index contributed by atoms with van der Waals surface area (Å²) in [5, 5.41) is 0. The summed E-state index contributed by atoms with van der Waals surface area (Å²) in [5.74, 6) is 0.679. The SMILES string of the molecule is CC(C)CCS(=O)(=O)NCCCC(C)Br. The van der Waals surface area contributed by atoms with Crippen LogP contribution in [0.3, 0.4) is 0 Å². The molecule has 1 unspecified atom stereocenters. The Bertz CT molecular complexity index is 250. The molecule has 5 heteroatoms. The van der Waals surface area contributed by atoms with Gasteiger partial charge in [-0.1, -0.05) is 36.7 Å². The molecular formula is C10H22BrNO2S. The lowest BCUT2D eigenvalue weighted by molar-refractivity contribution is 0.558. The largest absolute Gasteiger partial charge is 0.215 e. The molecule has 0 aliphatic rings. The highest BCUT2D eigenvalue weighted by atomic mass is 79.9. The number of hydrogen-bond acceptors (Lipinski definition) is 2. The predicted octanol–water partition coefficient (Wildman–Crippen LogP) is 2.52. The van der Waals surface area contributed by atoms with Crippen molar-refractivity contribution in [1.29, 1.82) is 0 Å². The van der Waals surface area contributed by atoms with Gasteiger partial charge in [0.1, 0.15) is 0 Å². The zero-order valence-corrected chi connectivity index (χ0v) is 12.2. The van der Waals surface area contributed by atoms with E-state index in [2.05, 4.69) is 27.6 Å². The first-order chi connectivity index (χ1) is 6.83. The lowest BCUT2D eigenvalue weighted by atomic mass is 10.2. The number of alkyl halides is 1. The molecule has 0 radical (unpaired) electrons. The van der Waals surface area contributed by atoms with Crippen molar-refractivity contribution in [3.05, 3.63) is 0 Å². The average Bonchev–Trinajstić information content (AvgIpc) is 2.09. The Morgan fingerprint density at radius 3 is 2.27 bits per heavy atom. The summed E-state index contributed by atoms with van der Waals surface area (Å²) in [7, 11) is -3.04. The fourth-order valence-electron chi connectivity index (χ4n) is 1.07. The summed E-state index contributed by atoms with van der Waals surface area (Å²) in [6.07, 6.45) is 2.60. The molecule has 0 aromatic carbocycles. The zero-order chi connectivity index (χ0) is 11.9. The third-order valence-corrected chi connectivity index (χ3v) is 3.94. The van der Waals surface area contributed by atoms with Gasteiger partial charge in [0.2, 0.25) is 10.0 Å². The van der Waals surface area contributed by atoms with E-state index >= 15 is 0 Å². The standard InChI is InChI=1S/C10H22BrNO2S/c1-9(2)6-8-15(13,14)12-7-4-5-10(3)11/h9-10,12H,4-8H2,1-3H3. The van der Waals surface area contributed by atoms with E-state index in [0.717, 1.165) is 19.3 Å². The van der Waals surface area contributed by atoms with E-state index in [-0.39, 0.29) is 5.75 Å². The number of halogens is 1. The molecule has 0 spiro atoms. The van der Waals surface area contributed by atoms with E-state index < -0.39 is 10.0 Å². The van der Waals surface area contributed by atoms with Crippen molar-refractivity contribution in [3.63, 3.8) is 0 Å². The van der Waals surface area contributed by atoms with Crippen molar-refractivity contribution in [2.75, 3.05) is 12.3 Å². The third kappa shape index (κ3) is 10.7. The fourth-order valence-corrected chi connectivity index (χ4v) is 2.78. The van der Waals surface area contributed by atoms with Gasteiger partial charge in [0.25, 0.3) is 0 Å². The first kappa shape index (κ1) is 15.4. The summed E-state index contributed by atoms with van der Waals surface area (Å²) < 4.78 is 25.5. The molecule has 1 N–H and O–H groups in total. The number of hydrogen-bond donors (Lipinski definition) is 1. The monoisotopic (exact) mass is 299 g/mol. The topological polar surface area (TPSA) is 46.2 Å². The molecule has 0 aromatic rings. The molecule has 0 saturated heterocycles. The number of nitrogens with one attached hydrogen (secondary N) is 1. The first-order valence-corrected chi connectivity index (χ1v) is 8.01.